The molecule has 2 N–H and O–H groups in total. The molecule has 2 heterocycles. The van der Waals surface area contributed by atoms with Gasteiger partial charge in [-0.05, 0) is 29.2 Å². The molecule has 4 aromatic carbocycles. The first-order valence-electron chi connectivity index (χ1n) is 14.2. The largest absolute Gasteiger partial charge is 0.491 e. The summed E-state index contributed by atoms with van der Waals surface area (Å²) >= 11 is 4.26. The Labute approximate surface area is 278 Å². The molecule has 8 heteroatoms. The minimum Gasteiger partial charge on any atom is -0.423 e. The van der Waals surface area contributed by atoms with E-state index >= 15 is 0 Å². The summed E-state index contributed by atoms with van der Waals surface area (Å²) in [6.07, 6.45) is 1.99. The molecule has 0 spiro atoms. The standard InChI is InChI=1S/C18H15FSe.C14H14BFO2.C4H3BrSe/c1-2-13-5-7-14(8-6-13)15-9-10-16(17(19)12-15)18-4-3-11-20-18;1-2-10-3-5-11(6-4-10)12-7-8-13(15(17)18)14(16)9-12;5-4-2-1-3-6-4/h3-12H,2H2,1H3;3-9,17-18H,2H2,1H3;1-3H. The van der Waals surface area contributed by atoms with E-state index in [4.69, 9.17) is 10.0 Å². The fraction of sp³-hybridized carbons (Fsp3) is 0.111. The van der Waals surface area contributed by atoms with Gasteiger partial charge in [-0.25, -0.2) is 4.39 Å². The molecule has 0 aliphatic heterocycles. The third-order valence-corrected chi connectivity index (χ3v) is 11.4. The molecule has 0 amide bonds. The summed E-state index contributed by atoms with van der Waals surface area (Å²) in [5, 5.41) is 17.9. The maximum Gasteiger partial charge on any atom is 0.491 e. The van der Waals surface area contributed by atoms with Crippen LogP contribution in [0, 0.1) is 11.6 Å². The molecule has 0 bridgehead atoms. The normalized spacial score (nSPS) is 10.3. The third kappa shape index (κ3) is 9.60. The fourth-order valence-corrected chi connectivity index (χ4v) is 7.59. The zero-order valence-electron chi connectivity index (χ0n) is 24.4. The van der Waals surface area contributed by atoms with E-state index in [0.717, 1.165) is 45.1 Å². The van der Waals surface area contributed by atoms with E-state index in [0.29, 0.717) is 14.5 Å². The summed E-state index contributed by atoms with van der Waals surface area (Å²) in [5.74, 6) is -0.735. The van der Waals surface area contributed by atoms with Crippen LogP contribution in [0.4, 0.5) is 8.78 Å². The number of hydrogen-bond acceptors (Lipinski definition) is 2. The third-order valence-electron chi connectivity index (χ3n) is 6.91. The Morgan fingerprint density at radius 1 is 0.614 bits per heavy atom. The van der Waals surface area contributed by atoms with Crippen molar-refractivity contribution in [2.24, 2.45) is 0 Å². The number of halogens is 3. The van der Waals surface area contributed by atoms with Gasteiger partial charge in [-0.3, -0.25) is 0 Å². The summed E-state index contributed by atoms with van der Waals surface area (Å²) in [7, 11) is -1.78. The van der Waals surface area contributed by atoms with Gasteiger partial charge in [-0.15, -0.1) is 0 Å². The molecule has 6 aromatic rings. The molecule has 224 valence electrons. The minimum absolute atomic E-state index is 0.107. The van der Waals surface area contributed by atoms with Gasteiger partial charge in [-0.2, -0.15) is 0 Å². The van der Waals surface area contributed by atoms with Gasteiger partial charge >= 0.3 is 182 Å². The topological polar surface area (TPSA) is 40.5 Å². The molecule has 0 atom stereocenters. The first kappa shape index (κ1) is 34.1. The summed E-state index contributed by atoms with van der Waals surface area (Å²) in [6, 6.07) is 34.3. The van der Waals surface area contributed by atoms with Crippen LogP contribution >= 0.6 is 15.9 Å². The van der Waals surface area contributed by atoms with Crippen LogP contribution in [0.3, 0.4) is 0 Å². The van der Waals surface area contributed by atoms with Gasteiger partial charge in [0, 0.05) is 5.46 Å². The fourth-order valence-electron chi connectivity index (χ4n) is 4.37. The van der Waals surface area contributed by atoms with E-state index in [1.807, 2.05) is 48.5 Å². The molecule has 0 saturated heterocycles. The van der Waals surface area contributed by atoms with Crippen molar-refractivity contribution in [3.63, 3.8) is 0 Å². The molecule has 2 aromatic heterocycles. The average molecular weight is 783 g/mol. The first-order chi connectivity index (χ1) is 21.3. The molecule has 0 aliphatic rings. The Balaban J connectivity index is 0.000000170. The second kappa shape index (κ2) is 17.0. The Morgan fingerprint density at radius 3 is 1.50 bits per heavy atom. The van der Waals surface area contributed by atoms with Crippen molar-refractivity contribution >= 4 is 57.5 Å². The Kier molecular flexibility index (Phi) is 13.2. The second-order valence-electron chi connectivity index (χ2n) is 9.80. The van der Waals surface area contributed by atoms with Crippen molar-refractivity contribution in [2.45, 2.75) is 26.7 Å². The molecular weight excluding hydrogens is 751 g/mol. The van der Waals surface area contributed by atoms with Gasteiger partial charge in [0.25, 0.3) is 0 Å². The molecule has 6 rings (SSSR count). The van der Waals surface area contributed by atoms with Crippen molar-refractivity contribution in [1.29, 1.82) is 0 Å². The van der Waals surface area contributed by atoms with E-state index in [-0.39, 0.29) is 25.8 Å². The van der Waals surface area contributed by atoms with Crippen LogP contribution < -0.4 is 5.46 Å². The van der Waals surface area contributed by atoms with Crippen molar-refractivity contribution in [3.8, 4) is 32.3 Å². The summed E-state index contributed by atoms with van der Waals surface area (Å²) < 4.78 is 30.3. The van der Waals surface area contributed by atoms with E-state index in [1.54, 1.807) is 12.1 Å². The number of benzene rings is 4. The maximum absolute atomic E-state index is 14.3. The minimum atomic E-state index is -1.78. The van der Waals surface area contributed by atoms with Gasteiger partial charge in [0.2, 0.25) is 0 Å². The molecule has 2 nitrogen and oxygen atoms in total. The van der Waals surface area contributed by atoms with E-state index in [9.17, 15) is 8.78 Å². The molecule has 0 aliphatic carbocycles. The Bertz CT molecular complexity index is 1720. The summed E-state index contributed by atoms with van der Waals surface area (Å²) in [6.45, 7) is 4.21. The first-order valence-corrected chi connectivity index (χ1v) is 18.6. The van der Waals surface area contributed by atoms with Crippen LogP contribution in [0.2, 0.25) is 0 Å². The van der Waals surface area contributed by atoms with Gasteiger partial charge in [0.15, 0.2) is 0 Å². The van der Waals surface area contributed by atoms with Gasteiger partial charge < -0.3 is 10.0 Å². The van der Waals surface area contributed by atoms with Crippen molar-refractivity contribution in [3.05, 3.63) is 145 Å². The summed E-state index contributed by atoms with van der Waals surface area (Å²) in [4.78, 5) is 4.29. The number of rotatable bonds is 6. The smallest absolute Gasteiger partial charge is 0.423 e. The quantitative estimate of drug-likeness (QED) is 0.168. The maximum atomic E-state index is 14.3. The Hall–Kier alpha value is -2.80. The van der Waals surface area contributed by atoms with Crippen molar-refractivity contribution in [2.75, 3.05) is 0 Å². The van der Waals surface area contributed by atoms with Crippen LogP contribution in [-0.2, 0) is 12.8 Å². The molecule has 0 saturated carbocycles. The number of aryl methyl sites for hydroxylation is 2. The zero-order valence-corrected chi connectivity index (χ0v) is 29.4. The molecular formula is C36H32BBrF2O2Se2. The predicted molar refractivity (Wildman–Crippen MR) is 186 cm³/mol. The van der Waals surface area contributed by atoms with Crippen LogP contribution in [-0.4, -0.2) is 46.2 Å². The monoisotopic (exact) mass is 784 g/mol. The average Bonchev–Trinajstić information content (AvgIpc) is 3.76. The second-order valence-corrected chi connectivity index (χ2v) is 15.8. The van der Waals surface area contributed by atoms with Crippen LogP contribution in [0.5, 0.6) is 0 Å². The summed E-state index contributed by atoms with van der Waals surface area (Å²) in [5.41, 5.74) is 6.79. The van der Waals surface area contributed by atoms with E-state index in [1.165, 1.54) is 26.6 Å². The Morgan fingerprint density at radius 2 is 1.11 bits per heavy atom. The molecule has 44 heavy (non-hydrogen) atoms. The van der Waals surface area contributed by atoms with Crippen LogP contribution in [0.15, 0.2) is 122 Å². The zero-order chi connectivity index (χ0) is 31.5. The van der Waals surface area contributed by atoms with Gasteiger partial charge in [0.1, 0.15) is 5.82 Å². The van der Waals surface area contributed by atoms with E-state index < -0.39 is 12.9 Å². The number of hydrogen-bond donors (Lipinski definition) is 2. The molecule has 0 fully saturated rings. The predicted octanol–water partition coefficient (Wildman–Crippen LogP) is 8.02. The van der Waals surface area contributed by atoms with Gasteiger partial charge in [-0.1, -0.05) is 43.3 Å². The van der Waals surface area contributed by atoms with Gasteiger partial charge in [0.05, 0.1) is 0 Å². The molecule has 0 radical (unpaired) electrons. The van der Waals surface area contributed by atoms with Crippen molar-refractivity contribution < 1.29 is 18.8 Å². The van der Waals surface area contributed by atoms with Crippen LogP contribution in [0.1, 0.15) is 25.0 Å². The van der Waals surface area contributed by atoms with E-state index in [2.05, 4.69) is 76.1 Å². The molecule has 0 unspecified atom stereocenters. The SMILES string of the molecule is Brc1ccc[se]1.CCc1ccc(-c2ccc(-c3ccc[se]3)c(F)c2)cc1.CCc1ccc(-c2ccc(B(O)O)c(F)c2)cc1. The van der Waals surface area contributed by atoms with Crippen LogP contribution in [0.25, 0.3) is 32.3 Å². The van der Waals surface area contributed by atoms with Crippen molar-refractivity contribution in [1.82, 2.24) is 0 Å².